The van der Waals surface area contributed by atoms with E-state index in [4.69, 9.17) is 14.9 Å². The third-order valence-electron chi connectivity index (χ3n) is 2.62. The zero-order valence-electron chi connectivity index (χ0n) is 11.3. The molecule has 0 aliphatic heterocycles. The third-order valence-corrected chi connectivity index (χ3v) is 2.62. The Hall–Kier alpha value is -2.08. The van der Waals surface area contributed by atoms with Gasteiger partial charge in [-0.1, -0.05) is 13.3 Å². The number of carbonyl (C=O) groups excluding carboxylic acids is 1. The van der Waals surface area contributed by atoms with Crippen molar-refractivity contribution in [3.63, 3.8) is 0 Å². The summed E-state index contributed by atoms with van der Waals surface area (Å²) in [6.45, 7) is 2.37. The number of benzene rings is 1. The Balaban J connectivity index is 2.46. The predicted octanol–water partition coefficient (Wildman–Crippen LogP) is 1.04. The average Bonchev–Trinajstić information content (AvgIpc) is 2.45. The van der Waals surface area contributed by atoms with Crippen molar-refractivity contribution in [1.82, 2.24) is 5.32 Å². The van der Waals surface area contributed by atoms with Crippen molar-refractivity contribution in [1.29, 1.82) is 0 Å². The molecule has 0 aliphatic rings. The number of carbonyl (C=O) groups is 2. The lowest BCUT2D eigenvalue weighted by Gasteiger charge is -2.09. The van der Waals surface area contributed by atoms with Crippen LogP contribution in [0.25, 0.3) is 0 Å². The molecule has 1 aromatic carbocycles. The first-order valence-electron chi connectivity index (χ1n) is 6.46. The minimum Gasteiger partial charge on any atom is -0.494 e. The number of aliphatic hydroxyl groups excluding tert-OH is 1. The largest absolute Gasteiger partial charge is 0.494 e. The number of hydrogen-bond donors (Lipinski definition) is 3. The van der Waals surface area contributed by atoms with Crippen molar-refractivity contribution in [2.45, 2.75) is 25.9 Å². The van der Waals surface area contributed by atoms with Crippen LogP contribution in [0.5, 0.6) is 5.75 Å². The zero-order chi connectivity index (χ0) is 15.0. The summed E-state index contributed by atoms with van der Waals surface area (Å²) in [6.07, 6.45) is 0.414. The second-order valence-corrected chi connectivity index (χ2v) is 4.29. The van der Waals surface area contributed by atoms with E-state index in [9.17, 15) is 9.59 Å². The van der Waals surface area contributed by atoms with Gasteiger partial charge in [-0.2, -0.15) is 0 Å². The van der Waals surface area contributed by atoms with Gasteiger partial charge in [-0.3, -0.25) is 4.79 Å². The minimum absolute atomic E-state index is 0.330. The Morgan fingerprint density at radius 2 is 1.95 bits per heavy atom. The van der Waals surface area contributed by atoms with E-state index in [0.29, 0.717) is 17.9 Å². The zero-order valence-corrected chi connectivity index (χ0v) is 11.3. The molecule has 0 aromatic heterocycles. The molecule has 20 heavy (non-hydrogen) atoms. The lowest BCUT2D eigenvalue weighted by atomic mass is 10.2. The molecule has 0 unspecified atom stereocenters. The second kappa shape index (κ2) is 8.16. The van der Waals surface area contributed by atoms with Crippen LogP contribution < -0.4 is 10.1 Å². The molecular weight excluding hydrogens is 262 g/mol. The van der Waals surface area contributed by atoms with Gasteiger partial charge in [0, 0.05) is 5.56 Å². The molecule has 0 spiro atoms. The van der Waals surface area contributed by atoms with Crippen LogP contribution in [0.4, 0.5) is 0 Å². The minimum atomic E-state index is -1.60. The van der Waals surface area contributed by atoms with Gasteiger partial charge in [0.25, 0.3) is 5.91 Å². The lowest BCUT2D eigenvalue weighted by molar-refractivity contribution is -0.146. The van der Waals surface area contributed by atoms with Gasteiger partial charge in [0.1, 0.15) is 5.75 Å². The van der Waals surface area contributed by atoms with E-state index in [1.165, 1.54) is 0 Å². The Bertz CT molecular complexity index is 443. The third kappa shape index (κ3) is 5.27. The van der Waals surface area contributed by atoms with Crippen LogP contribution in [0.3, 0.4) is 0 Å². The summed E-state index contributed by atoms with van der Waals surface area (Å²) in [5.41, 5.74) is 0.380. The van der Waals surface area contributed by atoms with Crippen LogP contribution >= 0.6 is 0 Å². The monoisotopic (exact) mass is 281 g/mol. The van der Waals surface area contributed by atoms with E-state index < -0.39 is 18.0 Å². The van der Waals surface area contributed by atoms with E-state index >= 15 is 0 Å². The highest BCUT2D eigenvalue weighted by Crippen LogP contribution is 2.12. The number of carboxylic acids is 1. The number of rotatable bonds is 8. The number of aliphatic carboxylic acids is 1. The predicted molar refractivity (Wildman–Crippen MR) is 72.8 cm³/mol. The van der Waals surface area contributed by atoms with Crippen LogP contribution in [0, 0.1) is 0 Å². The first-order chi connectivity index (χ1) is 9.54. The van der Waals surface area contributed by atoms with Crippen molar-refractivity contribution < 1.29 is 24.5 Å². The Labute approximate surface area is 117 Å². The molecule has 0 aliphatic carbocycles. The van der Waals surface area contributed by atoms with Crippen LogP contribution in [0.2, 0.25) is 0 Å². The first kappa shape index (κ1) is 16.0. The molecule has 0 saturated carbocycles. The standard InChI is InChI=1S/C14H19NO5/c1-2-3-8-20-11-6-4-10(5-7-11)13(17)15-9-12(16)14(18)19/h4-7,12,16H,2-3,8-9H2,1H3,(H,15,17)(H,18,19)/t12-/m0/s1. The molecular formula is C14H19NO5. The maximum Gasteiger partial charge on any atom is 0.334 e. The molecule has 6 nitrogen and oxygen atoms in total. The van der Waals surface area contributed by atoms with Gasteiger partial charge in [0.2, 0.25) is 0 Å². The quantitative estimate of drug-likeness (QED) is 0.619. The van der Waals surface area contributed by atoms with E-state index in [1.54, 1.807) is 24.3 Å². The van der Waals surface area contributed by atoms with E-state index in [0.717, 1.165) is 12.8 Å². The number of nitrogens with one attached hydrogen (secondary N) is 1. The maximum atomic E-state index is 11.7. The molecule has 1 atom stereocenters. The number of aliphatic hydroxyl groups is 1. The number of amides is 1. The van der Waals surface area contributed by atoms with Crippen molar-refractivity contribution in [3.05, 3.63) is 29.8 Å². The first-order valence-corrected chi connectivity index (χ1v) is 6.46. The highest BCUT2D eigenvalue weighted by Gasteiger charge is 2.14. The van der Waals surface area contributed by atoms with Crippen molar-refractivity contribution in [2.24, 2.45) is 0 Å². The molecule has 0 bridgehead atoms. The molecule has 110 valence electrons. The molecule has 0 radical (unpaired) electrons. The Kier molecular flexibility index (Phi) is 6.52. The smallest absolute Gasteiger partial charge is 0.334 e. The van der Waals surface area contributed by atoms with Crippen LogP contribution in [0.1, 0.15) is 30.1 Å². The van der Waals surface area contributed by atoms with Crippen molar-refractivity contribution in [3.8, 4) is 5.75 Å². The van der Waals surface area contributed by atoms with Gasteiger partial charge >= 0.3 is 5.97 Å². The van der Waals surface area contributed by atoms with Gasteiger partial charge in [0.05, 0.1) is 13.2 Å². The summed E-state index contributed by atoms with van der Waals surface area (Å²) in [7, 11) is 0. The molecule has 0 saturated heterocycles. The van der Waals surface area contributed by atoms with Gasteiger partial charge < -0.3 is 20.3 Å². The van der Waals surface area contributed by atoms with E-state index in [2.05, 4.69) is 12.2 Å². The van der Waals surface area contributed by atoms with Crippen molar-refractivity contribution >= 4 is 11.9 Å². The summed E-state index contributed by atoms with van der Waals surface area (Å²) in [4.78, 5) is 22.1. The summed E-state index contributed by atoms with van der Waals surface area (Å²) in [6, 6.07) is 6.53. The summed E-state index contributed by atoms with van der Waals surface area (Å²) >= 11 is 0. The second-order valence-electron chi connectivity index (χ2n) is 4.29. The number of carboxylic acid groups (broad SMARTS) is 1. The Morgan fingerprint density at radius 1 is 1.30 bits per heavy atom. The molecule has 6 heteroatoms. The fourth-order valence-electron chi connectivity index (χ4n) is 1.42. The van der Waals surface area contributed by atoms with E-state index in [-0.39, 0.29) is 6.54 Å². The van der Waals surface area contributed by atoms with Crippen LogP contribution in [-0.2, 0) is 4.79 Å². The van der Waals surface area contributed by atoms with Crippen LogP contribution in [0.15, 0.2) is 24.3 Å². The van der Waals surface area contributed by atoms with Gasteiger partial charge in [-0.15, -0.1) is 0 Å². The van der Waals surface area contributed by atoms with Crippen molar-refractivity contribution in [2.75, 3.05) is 13.2 Å². The van der Waals surface area contributed by atoms with Gasteiger partial charge in [-0.25, -0.2) is 4.79 Å². The normalized spacial score (nSPS) is 11.7. The summed E-state index contributed by atoms with van der Waals surface area (Å²) in [5.74, 6) is -1.13. The Morgan fingerprint density at radius 3 is 2.50 bits per heavy atom. The molecule has 0 fully saturated rings. The highest BCUT2D eigenvalue weighted by molar-refractivity contribution is 5.94. The molecule has 3 N–H and O–H groups in total. The van der Waals surface area contributed by atoms with Crippen LogP contribution in [-0.4, -0.2) is 41.3 Å². The number of ether oxygens (including phenoxy) is 1. The molecule has 0 heterocycles. The summed E-state index contributed by atoms with van der Waals surface area (Å²) < 4.78 is 5.46. The highest BCUT2D eigenvalue weighted by atomic mass is 16.5. The summed E-state index contributed by atoms with van der Waals surface area (Å²) in [5, 5.41) is 19.9. The molecule has 1 rings (SSSR count). The topological polar surface area (TPSA) is 95.9 Å². The number of unbranched alkanes of at least 4 members (excludes halogenated alkanes) is 1. The number of hydrogen-bond acceptors (Lipinski definition) is 4. The van der Waals surface area contributed by atoms with E-state index in [1.807, 2.05) is 0 Å². The lowest BCUT2D eigenvalue weighted by Crippen LogP contribution is -2.36. The van der Waals surface area contributed by atoms with Gasteiger partial charge in [0.15, 0.2) is 6.10 Å². The fraction of sp³-hybridized carbons (Fsp3) is 0.429. The molecule has 1 amide bonds. The molecule has 1 aromatic rings. The SMILES string of the molecule is CCCCOc1ccc(C(=O)NC[C@H](O)C(=O)O)cc1. The maximum absolute atomic E-state index is 11.7. The average molecular weight is 281 g/mol. The van der Waals surface area contributed by atoms with Gasteiger partial charge in [-0.05, 0) is 30.7 Å². The fourth-order valence-corrected chi connectivity index (χ4v) is 1.42.